The smallest absolute Gasteiger partial charge is 0.123 e. The van der Waals surface area contributed by atoms with E-state index in [-0.39, 0.29) is 11.6 Å². The Kier molecular flexibility index (Phi) is 4.55. The van der Waals surface area contributed by atoms with Gasteiger partial charge in [-0.3, -0.25) is 4.90 Å². The fourth-order valence-electron chi connectivity index (χ4n) is 2.67. The number of piperidine rings is 1. The molecule has 18 heavy (non-hydrogen) atoms. The summed E-state index contributed by atoms with van der Waals surface area (Å²) < 4.78 is 13.2. The van der Waals surface area contributed by atoms with Gasteiger partial charge in [0.15, 0.2) is 0 Å². The highest BCUT2D eigenvalue weighted by Gasteiger charge is 2.20. The number of hydrogen-bond acceptors (Lipinski definition) is 3. The van der Waals surface area contributed by atoms with E-state index in [4.69, 9.17) is 0 Å². The Bertz CT molecular complexity index is 395. The Labute approximate surface area is 108 Å². The van der Waals surface area contributed by atoms with Crippen LogP contribution in [-0.4, -0.2) is 36.7 Å². The van der Waals surface area contributed by atoms with Crippen LogP contribution in [0.25, 0.3) is 0 Å². The van der Waals surface area contributed by atoms with E-state index in [0.717, 1.165) is 19.6 Å². The summed E-state index contributed by atoms with van der Waals surface area (Å²) in [7, 11) is 1.97. The van der Waals surface area contributed by atoms with Crippen LogP contribution in [0, 0.1) is 11.7 Å². The molecule has 0 amide bonds. The van der Waals surface area contributed by atoms with Crippen molar-refractivity contribution in [3.8, 4) is 5.75 Å². The van der Waals surface area contributed by atoms with Crippen molar-refractivity contribution in [1.29, 1.82) is 0 Å². The first-order chi connectivity index (χ1) is 8.69. The third-order valence-corrected chi connectivity index (χ3v) is 3.53. The Morgan fingerprint density at radius 2 is 2.33 bits per heavy atom. The van der Waals surface area contributed by atoms with E-state index in [1.807, 2.05) is 7.05 Å². The molecule has 1 heterocycles. The van der Waals surface area contributed by atoms with E-state index in [9.17, 15) is 9.50 Å². The zero-order chi connectivity index (χ0) is 13.0. The number of aromatic hydroxyl groups is 1. The van der Waals surface area contributed by atoms with Gasteiger partial charge in [0.25, 0.3) is 0 Å². The highest BCUT2D eigenvalue weighted by atomic mass is 19.1. The minimum atomic E-state index is -0.286. The first-order valence-electron chi connectivity index (χ1n) is 6.53. The van der Waals surface area contributed by atoms with Crippen LogP contribution in [0.1, 0.15) is 18.4 Å². The molecule has 1 aromatic carbocycles. The second-order valence-corrected chi connectivity index (χ2v) is 5.07. The Morgan fingerprint density at radius 1 is 1.50 bits per heavy atom. The molecule has 2 rings (SSSR count). The molecular weight excluding hydrogens is 231 g/mol. The van der Waals surface area contributed by atoms with Crippen LogP contribution < -0.4 is 5.32 Å². The number of nitrogens with zero attached hydrogens (tertiary/aromatic N) is 1. The summed E-state index contributed by atoms with van der Waals surface area (Å²) >= 11 is 0. The van der Waals surface area contributed by atoms with E-state index >= 15 is 0 Å². The van der Waals surface area contributed by atoms with Gasteiger partial charge in [-0.15, -0.1) is 0 Å². The topological polar surface area (TPSA) is 35.5 Å². The van der Waals surface area contributed by atoms with Gasteiger partial charge < -0.3 is 10.4 Å². The van der Waals surface area contributed by atoms with Crippen molar-refractivity contribution < 1.29 is 9.50 Å². The minimum Gasteiger partial charge on any atom is -0.508 e. The summed E-state index contributed by atoms with van der Waals surface area (Å²) in [5.74, 6) is 0.554. The van der Waals surface area contributed by atoms with Crippen molar-refractivity contribution in [2.24, 2.45) is 5.92 Å². The van der Waals surface area contributed by atoms with Gasteiger partial charge in [-0.05, 0) is 57.1 Å². The monoisotopic (exact) mass is 252 g/mol. The zero-order valence-electron chi connectivity index (χ0n) is 10.8. The average Bonchev–Trinajstić information content (AvgIpc) is 2.35. The van der Waals surface area contributed by atoms with Crippen LogP contribution in [0.3, 0.4) is 0 Å². The van der Waals surface area contributed by atoms with Gasteiger partial charge in [0, 0.05) is 18.7 Å². The summed E-state index contributed by atoms with van der Waals surface area (Å²) in [4.78, 5) is 2.29. The molecule has 1 aliphatic heterocycles. The maximum Gasteiger partial charge on any atom is 0.123 e. The third kappa shape index (κ3) is 3.43. The molecule has 1 saturated heterocycles. The number of nitrogens with one attached hydrogen (secondary N) is 1. The summed E-state index contributed by atoms with van der Waals surface area (Å²) in [5.41, 5.74) is 0.681. The van der Waals surface area contributed by atoms with E-state index in [0.29, 0.717) is 18.0 Å². The van der Waals surface area contributed by atoms with Gasteiger partial charge in [-0.1, -0.05) is 0 Å². The molecule has 100 valence electrons. The molecule has 3 nitrogen and oxygen atoms in total. The van der Waals surface area contributed by atoms with Crippen LogP contribution in [0.4, 0.5) is 4.39 Å². The second kappa shape index (κ2) is 6.16. The van der Waals surface area contributed by atoms with Crippen LogP contribution in [0.5, 0.6) is 5.75 Å². The molecule has 0 aromatic heterocycles. The van der Waals surface area contributed by atoms with Crippen LogP contribution in [0.15, 0.2) is 18.2 Å². The predicted molar refractivity (Wildman–Crippen MR) is 70.0 cm³/mol. The van der Waals surface area contributed by atoms with Crippen molar-refractivity contribution >= 4 is 0 Å². The minimum absolute atomic E-state index is 0.187. The maximum absolute atomic E-state index is 13.2. The fraction of sp³-hybridized carbons (Fsp3) is 0.571. The summed E-state index contributed by atoms with van der Waals surface area (Å²) in [5, 5.41) is 12.9. The molecular formula is C14H21FN2O. The highest BCUT2D eigenvalue weighted by Crippen LogP contribution is 2.23. The number of phenols is 1. The number of phenolic OH excluding ortho intramolecular Hbond substituents is 1. The number of hydrogen-bond donors (Lipinski definition) is 2. The Morgan fingerprint density at radius 3 is 3.11 bits per heavy atom. The SMILES string of the molecule is CNCC1CCCN(Cc2cc(F)ccc2O)C1. The molecule has 4 heteroatoms. The van der Waals surface area contributed by atoms with Crippen molar-refractivity contribution in [3.63, 3.8) is 0 Å². The molecule has 1 aliphatic rings. The lowest BCUT2D eigenvalue weighted by atomic mass is 9.97. The standard InChI is InChI=1S/C14H21FN2O/c1-16-8-11-3-2-6-17(9-11)10-12-7-13(15)4-5-14(12)18/h4-5,7,11,16,18H,2-3,6,8-10H2,1H3. The number of rotatable bonds is 4. The molecule has 1 aromatic rings. The van der Waals surface area contributed by atoms with Crippen molar-refractivity contribution in [2.45, 2.75) is 19.4 Å². The number of benzene rings is 1. The summed E-state index contributed by atoms with van der Waals surface area (Å²) in [6.07, 6.45) is 2.41. The molecule has 1 atom stereocenters. The molecule has 0 radical (unpaired) electrons. The van der Waals surface area contributed by atoms with Crippen molar-refractivity contribution in [2.75, 3.05) is 26.7 Å². The van der Waals surface area contributed by atoms with E-state index in [1.54, 1.807) is 0 Å². The molecule has 0 bridgehead atoms. The molecule has 0 aliphatic carbocycles. The molecule has 1 unspecified atom stereocenters. The lowest BCUT2D eigenvalue weighted by molar-refractivity contribution is 0.165. The molecule has 0 saturated carbocycles. The van der Waals surface area contributed by atoms with Crippen molar-refractivity contribution in [3.05, 3.63) is 29.6 Å². The van der Waals surface area contributed by atoms with Gasteiger partial charge in [-0.2, -0.15) is 0 Å². The van der Waals surface area contributed by atoms with Crippen LogP contribution in [-0.2, 0) is 6.54 Å². The van der Waals surface area contributed by atoms with Gasteiger partial charge >= 0.3 is 0 Å². The van der Waals surface area contributed by atoms with E-state index in [2.05, 4.69) is 10.2 Å². The lowest BCUT2D eigenvalue weighted by Crippen LogP contribution is -2.38. The van der Waals surface area contributed by atoms with Gasteiger partial charge in [0.2, 0.25) is 0 Å². The Hall–Kier alpha value is -1.13. The Balaban J connectivity index is 1.98. The van der Waals surface area contributed by atoms with Gasteiger partial charge in [0.05, 0.1) is 0 Å². The predicted octanol–water partition coefficient (Wildman–Crippen LogP) is 1.96. The van der Waals surface area contributed by atoms with E-state index in [1.165, 1.54) is 31.0 Å². The van der Waals surface area contributed by atoms with Crippen molar-refractivity contribution in [1.82, 2.24) is 10.2 Å². The van der Waals surface area contributed by atoms with Gasteiger partial charge in [-0.25, -0.2) is 4.39 Å². The lowest BCUT2D eigenvalue weighted by Gasteiger charge is -2.32. The van der Waals surface area contributed by atoms with E-state index < -0.39 is 0 Å². The highest BCUT2D eigenvalue weighted by molar-refractivity contribution is 5.32. The van der Waals surface area contributed by atoms with Gasteiger partial charge in [0.1, 0.15) is 11.6 Å². The zero-order valence-corrected chi connectivity index (χ0v) is 10.8. The molecule has 2 N–H and O–H groups in total. The second-order valence-electron chi connectivity index (χ2n) is 5.07. The largest absolute Gasteiger partial charge is 0.508 e. The third-order valence-electron chi connectivity index (χ3n) is 3.53. The van der Waals surface area contributed by atoms with Crippen LogP contribution in [0.2, 0.25) is 0 Å². The van der Waals surface area contributed by atoms with Crippen LogP contribution >= 0.6 is 0 Å². The first kappa shape index (κ1) is 13.3. The molecule has 1 fully saturated rings. The number of likely N-dealkylation sites (tertiary alicyclic amines) is 1. The average molecular weight is 252 g/mol. The number of halogens is 1. The normalized spacial score (nSPS) is 21.1. The first-order valence-corrected chi connectivity index (χ1v) is 6.53. The quantitative estimate of drug-likeness (QED) is 0.860. The maximum atomic E-state index is 13.2. The summed E-state index contributed by atoms with van der Waals surface area (Å²) in [6.45, 7) is 3.68. The fourth-order valence-corrected chi connectivity index (χ4v) is 2.67. The molecule has 0 spiro atoms. The summed E-state index contributed by atoms with van der Waals surface area (Å²) in [6, 6.07) is 4.15.